The highest BCUT2D eigenvalue weighted by molar-refractivity contribution is 6.30. The monoisotopic (exact) mass is 271 g/mol. The molecule has 1 aliphatic carbocycles. The molecule has 102 valence electrons. The van der Waals surface area contributed by atoms with Crippen molar-refractivity contribution in [3.8, 4) is 11.5 Å². The Balaban J connectivity index is 0.000000704. The molecule has 0 unspecified atom stereocenters. The van der Waals surface area contributed by atoms with Gasteiger partial charge in [0, 0.05) is 11.1 Å². The molecule has 0 fully saturated rings. The predicted octanol–water partition coefficient (Wildman–Crippen LogP) is 1.45. The molecule has 20 heavy (non-hydrogen) atoms. The number of ketones is 2. The Kier molecular flexibility index (Phi) is 3.54. The van der Waals surface area contributed by atoms with Crippen molar-refractivity contribution in [2.75, 3.05) is 7.05 Å². The molecule has 1 aliphatic rings. The van der Waals surface area contributed by atoms with Gasteiger partial charge in [0.05, 0.1) is 11.1 Å². The molecule has 0 bridgehead atoms. The van der Waals surface area contributed by atoms with E-state index in [2.05, 4.69) is 5.73 Å². The Morgan fingerprint density at radius 2 is 1.10 bits per heavy atom. The van der Waals surface area contributed by atoms with Crippen LogP contribution in [0.1, 0.15) is 31.8 Å². The molecule has 0 saturated carbocycles. The van der Waals surface area contributed by atoms with E-state index in [1.54, 1.807) is 0 Å². The van der Waals surface area contributed by atoms with Gasteiger partial charge in [-0.25, -0.2) is 0 Å². The number of hydrogen-bond acceptors (Lipinski definition) is 5. The molecule has 0 aliphatic heterocycles. The number of aromatic hydroxyl groups is 2. The molecule has 5 nitrogen and oxygen atoms in total. The van der Waals surface area contributed by atoms with Crippen LogP contribution in [0.2, 0.25) is 0 Å². The van der Waals surface area contributed by atoms with E-state index in [4.69, 9.17) is 0 Å². The summed E-state index contributed by atoms with van der Waals surface area (Å²) in [6, 6.07) is 8.62. The van der Waals surface area contributed by atoms with Gasteiger partial charge < -0.3 is 15.9 Å². The zero-order valence-electron chi connectivity index (χ0n) is 10.8. The Morgan fingerprint density at radius 1 is 0.750 bits per heavy atom. The van der Waals surface area contributed by atoms with Gasteiger partial charge in [-0.15, -0.1) is 0 Å². The van der Waals surface area contributed by atoms with Crippen molar-refractivity contribution in [3.63, 3.8) is 0 Å². The van der Waals surface area contributed by atoms with Crippen LogP contribution < -0.4 is 5.73 Å². The van der Waals surface area contributed by atoms with Crippen molar-refractivity contribution >= 4 is 11.6 Å². The molecule has 0 spiro atoms. The standard InChI is InChI=1S/C14H8O4.CH5N/c15-9-5-1-3-7-11(9)14(18)8-4-2-6-10(16)12(8)13(7)17;1-2/h1-6,15-16H;2H2,1H3. The molecule has 0 heterocycles. The van der Waals surface area contributed by atoms with Crippen molar-refractivity contribution in [1.29, 1.82) is 0 Å². The van der Waals surface area contributed by atoms with Gasteiger partial charge >= 0.3 is 0 Å². The number of rotatable bonds is 0. The van der Waals surface area contributed by atoms with Crippen molar-refractivity contribution < 1.29 is 19.8 Å². The zero-order valence-corrected chi connectivity index (χ0v) is 10.8. The third kappa shape index (κ3) is 1.85. The molecule has 5 heteroatoms. The molecule has 2 aromatic rings. The number of fused-ring (bicyclic) bond motifs is 2. The molecular weight excluding hydrogens is 258 g/mol. The smallest absolute Gasteiger partial charge is 0.198 e. The van der Waals surface area contributed by atoms with Crippen molar-refractivity contribution in [2.24, 2.45) is 5.73 Å². The van der Waals surface area contributed by atoms with Gasteiger partial charge in [0.15, 0.2) is 11.6 Å². The molecule has 0 saturated heterocycles. The molecular formula is C15H13NO4. The van der Waals surface area contributed by atoms with Crippen LogP contribution in [0.5, 0.6) is 11.5 Å². The van der Waals surface area contributed by atoms with Crippen LogP contribution in [0.3, 0.4) is 0 Å². The molecule has 0 radical (unpaired) electrons. The quantitative estimate of drug-likeness (QED) is 0.574. The predicted molar refractivity (Wildman–Crippen MR) is 73.2 cm³/mol. The second-order valence-electron chi connectivity index (χ2n) is 4.06. The maximum Gasteiger partial charge on any atom is 0.198 e. The van der Waals surface area contributed by atoms with Crippen molar-refractivity contribution in [2.45, 2.75) is 0 Å². The van der Waals surface area contributed by atoms with Crippen LogP contribution in [-0.2, 0) is 0 Å². The highest BCUT2D eigenvalue weighted by Crippen LogP contribution is 2.35. The van der Waals surface area contributed by atoms with Gasteiger partial charge in [-0.3, -0.25) is 9.59 Å². The van der Waals surface area contributed by atoms with Crippen LogP contribution >= 0.6 is 0 Å². The first-order chi connectivity index (χ1) is 9.61. The fourth-order valence-electron chi connectivity index (χ4n) is 2.21. The minimum atomic E-state index is -0.450. The van der Waals surface area contributed by atoms with Gasteiger partial charge in [0.25, 0.3) is 0 Å². The van der Waals surface area contributed by atoms with Crippen LogP contribution in [0, 0.1) is 0 Å². The average Bonchev–Trinajstić information content (AvgIpc) is 2.46. The van der Waals surface area contributed by atoms with Gasteiger partial charge in [-0.1, -0.05) is 24.3 Å². The number of hydrogen-bond donors (Lipinski definition) is 3. The maximum atomic E-state index is 12.2. The van der Waals surface area contributed by atoms with E-state index in [1.165, 1.54) is 43.4 Å². The lowest BCUT2D eigenvalue weighted by Gasteiger charge is -2.18. The van der Waals surface area contributed by atoms with Crippen LogP contribution in [0.4, 0.5) is 0 Å². The number of carbonyl (C=O) groups is 2. The lowest BCUT2D eigenvalue weighted by Crippen LogP contribution is -2.20. The summed E-state index contributed by atoms with van der Waals surface area (Å²) in [5.41, 5.74) is 4.74. The number of nitrogens with two attached hydrogens (primary N) is 1. The molecule has 3 rings (SSSR count). The van der Waals surface area contributed by atoms with E-state index in [0.29, 0.717) is 0 Å². The first-order valence-corrected chi connectivity index (χ1v) is 5.92. The molecule has 0 amide bonds. The largest absolute Gasteiger partial charge is 0.507 e. The van der Waals surface area contributed by atoms with E-state index in [9.17, 15) is 19.8 Å². The lowest BCUT2D eigenvalue weighted by atomic mass is 9.83. The summed E-state index contributed by atoms with van der Waals surface area (Å²) in [6.45, 7) is 0. The highest BCUT2D eigenvalue weighted by atomic mass is 16.3. The van der Waals surface area contributed by atoms with Gasteiger partial charge in [-0.2, -0.15) is 0 Å². The summed E-state index contributed by atoms with van der Waals surface area (Å²) in [4.78, 5) is 24.4. The molecule has 0 aromatic heterocycles. The Labute approximate surface area is 115 Å². The summed E-state index contributed by atoms with van der Waals surface area (Å²) < 4.78 is 0. The first-order valence-electron chi connectivity index (χ1n) is 5.92. The fourth-order valence-corrected chi connectivity index (χ4v) is 2.21. The van der Waals surface area contributed by atoms with Gasteiger partial charge in [0.2, 0.25) is 0 Å². The summed E-state index contributed by atoms with van der Waals surface area (Å²) in [6.07, 6.45) is 0. The minimum Gasteiger partial charge on any atom is -0.507 e. The lowest BCUT2D eigenvalue weighted by molar-refractivity contribution is 0.0974. The van der Waals surface area contributed by atoms with E-state index >= 15 is 0 Å². The minimum absolute atomic E-state index is 0.000556. The van der Waals surface area contributed by atoms with Gasteiger partial charge in [-0.05, 0) is 19.2 Å². The fraction of sp³-hybridized carbons (Fsp3) is 0.0667. The Bertz CT molecular complexity index is 646. The van der Waals surface area contributed by atoms with Crippen LogP contribution in [0.25, 0.3) is 0 Å². The maximum absolute atomic E-state index is 12.2. The summed E-state index contributed by atoms with van der Waals surface area (Å²) in [7, 11) is 1.50. The van der Waals surface area contributed by atoms with Crippen LogP contribution in [0.15, 0.2) is 36.4 Å². The first kappa shape index (κ1) is 13.8. The summed E-state index contributed by atoms with van der Waals surface area (Å²) >= 11 is 0. The summed E-state index contributed by atoms with van der Waals surface area (Å²) in [5.74, 6) is -1.35. The second-order valence-corrected chi connectivity index (χ2v) is 4.06. The summed E-state index contributed by atoms with van der Waals surface area (Å²) in [5, 5.41) is 19.4. The molecule has 2 aromatic carbocycles. The third-order valence-corrected chi connectivity index (χ3v) is 3.03. The topological polar surface area (TPSA) is 101 Å². The number of carbonyl (C=O) groups excluding carboxylic acids is 2. The Hall–Kier alpha value is -2.66. The van der Waals surface area contributed by atoms with Crippen molar-refractivity contribution in [3.05, 3.63) is 58.7 Å². The molecule has 0 atom stereocenters. The van der Waals surface area contributed by atoms with Gasteiger partial charge in [0.1, 0.15) is 11.5 Å². The zero-order chi connectivity index (χ0) is 14.9. The number of phenolic OH excluding ortho intramolecular Hbond substituents is 2. The highest BCUT2D eigenvalue weighted by Gasteiger charge is 2.33. The SMILES string of the molecule is CN.O=C1c2cccc(O)c2C(=O)c2cccc(O)c21. The third-order valence-electron chi connectivity index (χ3n) is 3.03. The van der Waals surface area contributed by atoms with E-state index < -0.39 is 11.6 Å². The normalized spacial score (nSPS) is 12.1. The Morgan fingerprint density at radius 3 is 1.45 bits per heavy atom. The molecule has 4 N–H and O–H groups in total. The number of phenols is 2. The van der Waals surface area contributed by atoms with E-state index in [1.807, 2.05) is 0 Å². The van der Waals surface area contributed by atoms with E-state index in [0.717, 1.165) is 0 Å². The average molecular weight is 271 g/mol. The number of benzene rings is 2. The second kappa shape index (κ2) is 5.14. The van der Waals surface area contributed by atoms with Crippen LogP contribution in [-0.4, -0.2) is 28.8 Å². The van der Waals surface area contributed by atoms with Crippen molar-refractivity contribution in [1.82, 2.24) is 0 Å². The van der Waals surface area contributed by atoms with E-state index in [-0.39, 0.29) is 33.8 Å².